The predicted molar refractivity (Wildman–Crippen MR) is 80.1 cm³/mol. The molecule has 0 aliphatic carbocycles. The topological polar surface area (TPSA) is 38.3 Å². The first-order valence-corrected chi connectivity index (χ1v) is 6.79. The maximum Gasteiger partial charge on any atom is 0.262 e. The monoisotopic (exact) mass is 357 g/mol. The molecule has 0 aliphatic rings. The molecule has 6 heteroatoms. The van der Waals surface area contributed by atoms with E-state index < -0.39 is 11.7 Å². The van der Waals surface area contributed by atoms with E-state index in [1.807, 2.05) is 0 Å². The number of hydrogen-bond donors (Lipinski definition) is 1. The summed E-state index contributed by atoms with van der Waals surface area (Å²) in [5.74, 6) is -1.09. The SMILES string of the molecule is COc1cccc(F)c1C(=O)Nc1cc(Cl)ccc1Br. The van der Waals surface area contributed by atoms with Crippen LogP contribution in [0.15, 0.2) is 40.9 Å². The molecule has 1 amide bonds. The van der Waals surface area contributed by atoms with Crippen molar-refractivity contribution >= 4 is 39.1 Å². The minimum atomic E-state index is -0.653. The molecular weight excluding hydrogens is 349 g/mol. The number of anilines is 1. The molecule has 2 aromatic carbocycles. The van der Waals surface area contributed by atoms with Crippen molar-refractivity contribution in [3.05, 3.63) is 57.3 Å². The molecule has 0 fully saturated rings. The maximum absolute atomic E-state index is 13.8. The van der Waals surface area contributed by atoms with Crippen LogP contribution in [-0.4, -0.2) is 13.0 Å². The van der Waals surface area contributed by atoms with Gasteiger partial charge in [0.05, 0.1) is 12.8 Å². The van der Waals surface area contributed by atoms with Gasteiger partial charge in [0.2, 0.25) is 0 Å². The molecule has 20 heavy (non-hydrogen) atoms. The molecule has 0 radical (unpaired) electrons. The normalized spacial score (nSPS) is 10.2. The summed E-state index contributed by atoms with van der Waals surface area (Å²) in [6.07, 6.45) is 0. The Hall–Kier alpha value is -1.59. The van der Waals surface area contributed by atoms with Crippen molar-refractivity contribution in [1.82, 2.24) is 0 Å². The molecule has 104 valence electrons. The van der Waals surface area contributed by atoms with Gasteiger partial charge in [-0.05, 0) is 46.3 Å². The molecule has 0 aromatic heterocycles. The number of carbonyl (C=O) groups excluding carboxylic acids is 1. The lowest BCUT2D eigenvalue weighted by molar-refractivity contribution is 0.102. The summed E-state index contributed by atoms with van der Waals surface area (Å²) in [5, 5.41) is 3.05. The van der Waals surface area contributed by atoms with Gasteiger partial charge in [0, 0.05) is 9.50 Å². The van der Waals surface area contributed by atoms with Gasteiger partial charge in [0.25, 0.3) is 5.91 Å². The number of halogens is 3. The predicted octanol–water partition coefficient (Wildman–Crippen LogP) is 4.50. The van der Waals surface area contributed by atoms with Gasteiger partial charge in [-0.15, -0.1) is 0 Å². The lowest BCUT2D eigenvalue weighted by Crippen LogP contribution is -2.15. The zero-order valence-corrected chi connectivity index (χ0v) is 12.8. The molecule has 3 nitrogen and oxygen atoms in total. The number of nitrogens with one attached hydrogen (secondary N) is 1. The van der Waals surface area contributed by atoms with E-state index in [1.54, 1.807) is 18.2 Å². The molecule has 0 saturated heterocycles. The van der Waals surface area contributed by atoms with E-state index in [0.717, 1.165) is 0 Å². The number of rotatable bonds is 3. The minimum absolute atomic E-state index is 0.151. The van der Waals surface area contributed by atoms with E-state index in [-0.39, 0.29) is 11.3 Å². The number of ether oxygens (including phenoxy) is 1. The van der Waals surface area contributed by atoms with Gasteiger partial charge in [0.1, 0.15) is 17.1 Å². The highest BCUT2D eigenvalue weighted by atomic mass is 79.9. The highest BCUT2D eigenvalue weighted by Crippen LogP contribution is 2.28. The molecule has 0 heterocycles. The largest absolute Gasteiger partial charge is 0.496 e. The summed E-state index contributed by atoms with van der Waals surface area (Å²) in [6, 6.07) is 9.12. The molecule has 0 atom stereocenters. The minimum Gasteiger partial charge on any atom is -0.496 e. The highest BCUT2D eigenvalue weighted by Gasteiger charge is 2.18. The zero-order chi connectivity index (χ0) is 14.7. The fourth-order valence-electron chi connectivity index (χ4n) is 1.67. The molecule has 2 aromatic rings. The first-order valence-electron chi connectivity index (χ1n) is 5.62. The van der Waals surface area contributed by atoms with Gasteiger partial charge in [-0.2, -0.15) is 0 Å². The van der Waals surface area contributed by atoms with Crippen LogP contribution in [0.3, 0.4) is 0 Å². The molecule has 2 rings (SSSR count). The van der Waals surface area contributed by atoms with Crippen molar-refractivity contribution in [1.29, 1.82) is 0 Å². The number of benzene rings is 2. The average Bonchev–Trinajstić information content (AvgIpc) is 2.42. The zero-order valence-electron chi connectivity index (χ0n) is 10.4. The van der Waals surface area contributed by atoms with Crippen LogP contribution >= 0.6 is 27.5 Å². The van der Waals surface area contributed by atoms with Crippen molar-refractivity contribution in [3.63, 3.8) is 0 Å². The van der Waals surface area contributed by atoms with Crippen molar-refractivity contribution in [2.45, 2.75) is 0 Å². The lowest BCUT2D eigenvalue weighted by atomic mass is 10.1. The van der Waals surface area contributed by atoms with Gasteiger partial charge in [-0.1, -0.05) is 17.7 Å². The molecule has 0 bridgehead atoms. The Kier molecular flexibility index (Phi) is 4.62. The summed E-state index contributed by atoms with van der Waals surface area (Å²) >= 11 is 9.15. The van der Waals surface area contributed by atoms with Crippen LogP contribution in [0.25, 0.3) is 0 Å². The van der Waals surface area contributed by atoms with Gasteiger partial charge < -0.3 is 10.1 Å². The van der Waals surface area contributed by atoms with Gasteiger partial charge in [-0.3, -0.25) is 4.79 Å². The molecule has 0 spiro atoms. The van der Waals surface area contributed by atoms with Crippen LogP contribution in [0.2, 0.25) is 5.02 Å². The van der Waals surface area contributed by atoms with E-state index in [1.165, 1.54) is 25.3 Å². The number of methoxy groups -OCH3 is 1. The third-order valence-corrected chi connectivity index (χ3v) is 3.53. The Bertz CT molecular complexity index is 664. The fourth-order valence-corrected chi connectivity index (χ4v) is 2.19. The quantitative estimate of drug-likeness (QED) is 0.877. The summed E-state index contributed by atoms with van der Waals surface area (Å²) in [7, 11) is 1.38. The van der Waals surface area contributed by atoms with Gasteiger partial charge in [0.15, 0.2) is 0 Å². The van der Waals surface area contributed by atoms with Crippen LogP contribution < -0.4 is 10.1 Å². The third-order valence-electron chi connectivity index (χ3n) is 2.60. The van der Waals surface area contributed by atoms with E-state index in [9.17, 15) is 9.18 Å². The standard InChI is InChI=1S/C14H10BrClFNO2/c1-20-12-4-2-3-10(17)13(12)14(19)18-11-7-8(16)5-6-9(11)15/h2-7H,1H3,(H,18,19). The van der Waals surface area contributed by atoms with Gasteiger partial charge in [-0.25, -0.2) is 4.39 Å². The number of carbonyl (C=O) groups is 1. The molecular formula is C14H10BrClFNO2. The Balaban J connectivity index is 2.36. The van der Waals surface area contributed by atoms with Gasteiger partial charge >= 0.3 is 0 Å². The van der Waals surface area contributed by atoms with Crippen LogP contribution in [0, 0.1) is 5.82 Å². The lowest BCUT2D eigenvalue weighted by Gasteiger charge is -2.11. The van der Waals surface area contributed by atoms with Crippen molar-refractivity contribution in [2.75, 3.05) is 12.4 Å². The third kappa shape index (κ3) is 3.11. The summed E-state index contributed by atoms with van der Waals surface area (Å²) < 4.78 is 19.4. The van der Waals surface area contributed by atoms with Crippen LogP contribution in [-0.2, 0) is 0 Å². The summed E-state index contributed by atoms with van der Waals surface area (Å²) in [5.41, 5.74) is 0.301. The van der Waals surface area contributed by atoms with E-state index in [0.29, 0.717) is 15.2 Å². The molecule has 0 aliphatic heterocycles. The first-order chi connectivity index (χ1) is 9.52. The van der Waals surface area contributed by atoms with E-state index in [2.05, 4.69) is 21.2 Å². The second kappa shape index (κ2) is 6.24. The second-order valence-electron chi connectivity index (χ2n) is 3.90. The smallest absolute Gasteiger partial charge is 0.262 e. The Labute approximate surface area is 128 Å². The Morgan fingerprint density at radius 1 is 1.35 bits per heavy atom. The molecule has 1 N–H and O–H groups in total. The summed E-state index contributed by atoms with van der Waals surface area (Å²) in [6.45, 7) is 0. The Morgan fingerprint density at radius 2 is 2.10 bits per heavy atom. The van der Waals surface area contributed by atoms with E-state index in [4.69, 9.17) is 16.3 Å². The second-order valence-corrected chi connectivity index (χ2v) is 5.19. The average molecular weight is 359 g/mol. The number of amides is 1. The fraction of sp³-hybridized carbons (Fsp3) is 0.0714. The highest BCUT2D eigenvalue weighted by molar-refractivity contribution is 9.10. The van der Waals surface area contributed by atoms with Crippen molar-refractivity contribution in [2.24, 2.45) is 0 Å². The maximum atomic E-state index is 13.8. The van der Waals surface area contributed by atoms with Crippen molar-refractivity contribution in [3.8, 4) is 5.75 Å². The Morgan fingerprint density at radius 3 is 2.80 bits per heavy atom. The van der Waals surface area contributed by atoms with Crippen LogP contribution in [0.1, 0.15) is 10.4 Å². The van der Waals surface area contributed by atoms with Crippen LogP contribution in [0.4, 0.5) is 10.1 Å². The molecule has 0 saturated carbocycles. The first kappa shape index (κ1) is 14.8. The van der Waals surface area contributed by atoms with E-state index >= 15 is 0 Å². The molecule has 0 unspecified atom stereocenters. The summed E-state index contributed by atoms with van der Waals surface area (Å²) in [4.78, 5) is 12.2. The van der Waals surface area contributed by atoms with Crippen LogP contribution in [0.5, 0.6) is 5.75 Å². The van der Waals surface area contributed by atoms with Crippen molar-refractivity contribution < 1.29 is 13.9 Å². The number of hydrogen-bond acceptors (Lipinski definition) is 2.